The van der Waals surface area contributed by atoms with Crippen molar-refractivity contribution in [3.05, 3.63) is 59.2 Å². The molecule has 2 N–H and O–H groups in total. The summed E-state index contributed by atoms with van der Waals surface area (Å²) in [6.45, 7) is -0.275. The minimum atomic E-state index is -1.08. The topological polar surface area (TPSA) is 118 Å². The molecule has 0 radical (unpaired) electrons. The quantitative estimate of drug-likeness (QED) is 0.493. The average Bonchev–Trinajstić information content (AvgIpc) is 2.74. The van der Waals surface area contributed by atoms with E-state index in [2.05, 4.69) is 5.32 Å². The second kappa shape index (κ2) is 10.4. The van der Waals surface area contributed by atoms with E-state index in [1.54, 1.807) is 49.6 Å². The van der Waals surface area contributed by atoms with Gasteiger partial charge in [0.1, 0.15) is 28.9 Å². The molecule has 29 heavy (non-hydrogen) atoms. The minimum absolute atomic E-state index is 0.0725. The molecule has 2 rings (SSSR count). The van der Waals surface area contributed by atoms with Crippen LogP contribution in [-0.2, 0) is 16.1 Å². The summed E-state index contributed by atoms with van der Waals surface area (Å²) < 4.78 is 15.5. The number of carboxylic acid groups (broad SMARTS) is 1. The number of hydrogen-bond acceptors (Lipinski definition) is 6. The fourth-order valence-corrected chi connectivity index (χ4v) is 2.39. The maximum atomic E-state index is 12.4. The van der Waals surface area contributed by atoms with E-state index >= 15 is 0 Å². The number of nitrogens with one attached hydrogen (secondary N) is 1. The number of hydrogen-bond donors (Lipinski definition) is 2. The van der Waals surface area contributed by atoms with Crippen molar-refractivity contribution in [2.45, 2.75) is 6.54 Å². The van der Waals surface area contributed by atoms with Crippen molar-refractivity contribution in [3.8, 4) is 23.3 Å². The van der Waals surface area contributed by atoms with E-state index in [9.17, 15) is 14.9 Å². The molecule has 0 aliphatic carbocycles. The van der Waals surface area contributed by atoms with Gasteiger partial charge < -0.3 is 24.6 Å². The van der Waals surface area contributed by atoms with Crippen molar-refractivity contribution in [1.82, 2.24) is 5.32 Å². The molecule has 0 fully saturated rings. The highest BCUT2D eigenvalue weighted by molar-refractivity contribution is 6.01. The van der Waals surface area contributed by atoms with Gasteiger partial charge in [-0.05, 0) is 35.9 Å². The molecule has 0 saturated carbocycles. The number of benzene rings is 2. The molecular formula is C21H20N2O6. The Balaban J connectivity index is 2.05. The Bertz CT molecular complexity index is 945. The van der Waals surface area contributed by atoms with Crippen molar-refractivity contribution < 1.29 is 28.9 Å². The van der Waals surface area contributed by atoms with E-state index in [0.29, 0.717) is 22.8 Å². The molecule has 0 aliphatic heterocycles. The number of nitrogens with zero attached hydrogens (tertiary/aromatic N) is 1. The average molecular weight is 396 g/mol. The van der Waals surface area contributed by atoms with Crippen LogP contribution in [-0.4, -0.2) is 37.8 Å². The second-order valence-electron chi connectivity index (χ2n) is 5.78. The largest absolute Gasteiger partial charge is 0.497 e. The van der Waals surface area contributed by atoms with Gasteiger partial charge in [-0.3, -0.25) is 4.79 Å². The molecule has 0 atom stereocenters. The minimum Gasteiger partial charge on any atom is -0.497 e. The summed E-state index contributed by atoms with van der Waals surface area (Å²) >= 11 is 0. The van der Waals surface area contributed by atoms with Crippen molar-refractivity contribution >= 4 is 18.0 Å². The first-order chi connectivity index (χ1) is 14.0. The smallest absolute Gasteiger partial charge is 0.341 e. The molecule has 0 spiro atoms. The summed E-state index contributed by atoms with van der Waals surface area (Å²) in [5.74, 6) is -0.0454. The molecule has 0 saturated heterocycles. The maximum Gasteiger partial charge on any atom is 0.341 e. The Kier molecular flexibility index (Phi) is 7.62. The fraction of sp³-hybridized carbons (Fsp3) is 0.190. The number of carboxylic acids is 1. The number of carbonyl (C=O) groups excluding carboxylic acids is 1. The number of nitriles is 1. The number of carbonyl (C=O) groups is 2. The Morgan fingerprint density at radius 1 is 1.10 bits per heavy atom. The van der Waals surface area contributed by atoms with Gasteiger partial charge in [-0.15, -0.1) is 0 Å². The standard InChI is InChI=1S/C21H20N2O6/c1-27-18-8-5-15(19(10-18)28-2)12-23-21(26)16(11-22)9-14-3-6-17(7-4-14)29-13-20(24)25/h3-10H,12-13H2,1-2H3,(H,23,26)(H,24,25)/b16-9+. The highest BCUT2D eigenvalue weighted by atomic mass is 16.5. The molecule has 8 heteroatoms. The number of rotatable bonds is 9. The van der Waals surface area contributed by atoms with Crippen LogP contribution >= 0.6 is 0 Å². The Morgan fingerprint density at radius 2 is 1.79 bits per heavy atom. The fourth-order valence-electron chi connectivity index (χ4n) is 2.39. The number of ether oxygens (including phenoxy) is 3. The Hall–Kier alpha value is -3.99. The lowest BCUT2D eigenvalue weighted by atomic mass is 10.1. The molecule has 0 aromatic heterocycles. The van der Waals surface area contributed by atoms with E-state index in [0.717, 1.165) is 5.56 Å². The summed E-state index contributed by atoms with van der Waals surface area (Å²) in [7, 11) is 3.07. The molecule has 1 amide bonds. The molecule has 150 valence electrons. The van der Waals surface area contributed by atoms with Crippen LogP contribution < -0.4 is 19.5 Å². The van der Waals surface area contributed by atoms with Crippen molar-refractivity contribution in [2.75, 3.05) is 20.8 Å². The molecule has 8 nitrogen and oxygen atoms in total. The van der Waals surface area contributed by atoms with E-state index in [1.165, 1.54) is 13.2 Å². The third-order valence-electron chi connectivity index (χ3n) is 3.85. The molecular weight excluding hydrogens is 376 g/mol. The van der Waals surface area contributed by atoms with E-state index in [1.807, 2.05) is 6.07 Å². The Labute approximate surface area is 167 Å². The molecule has 0 unspecified atom stereocenters. The molecule has 2 aromatic carbocycles. The van der Waals surface area contributed by atoms with Crippen LogP contribution in [0.3, 0.4) is 0 Å². The molecule has 2 aromatic rings. The molecule has 0 bridgehead atoms. The van der Waals surface area contributed by atoms with Gasteiger partial charge in [0.2, 0.25) is 0 Å². The van der Waals surface area contributed by atoms with Crippen molar-refractivity contribution in [2.24, 2.45) is 0 Å². The number of methoxy groups -OCH3 is 2. The summed E-state index contributed by atoms with van der Waals surface area (Å²) in [5, 5.41) is 20.6. The van der Waals surface area contributed by atoms with Crippen LogP contribution in [0.15, 0.2) is 48.0 Å². The first kappa shape index (κ1) is 21.3. The van der Waals surface area contributed by atoms with Gasteiger partial charge in [0, 0.05) is 18.2 Å². The lowest BCUT2D eigenvalue weighted by Gasteiger charge is -2.11. The van der Waals surface area contributed by atoms with Gasteiger partial charge in [-0.25, -0.2) is 4.79 Å². The van der Waals surface area contributed by atoms with Gasteiger partial charge in [0.05, 0.1) is 14.2 Å². The van der Waals surface area contributed by atoms with E-state index in [4.69, 9.17) is 19.3 Å². The summed E-state index contributed by atoms with van der Waals surface area (Å²) in [4.78, 5) is 22.9. The normalized spacial score (nSPS) is 10.6. The van der Waals surface area contributed by atoms with Crippen LogP contribution in [0.1, 0.15) is 11.1 Å². The predicted molar refractivity (Wildman–Crippen MR) is 105 cm³/mol. The van der Waals surface area contributed by atoms with Gasteiger partial charge in [0.25, 0.3) is 5.91 Å². The van der Waals surface area contributed by atoms with Gasteiger partial charge in [0.15, 0.2) is 6.61 Å². The van der Waals surface area contributed by atoms with Gasteiger partial charge >= 0.3 is 5.97 Å². The number of aliphatic carboxylic acids is 1. The zero-order valence-electron chi connectivity index (χ0n) is 16.0. The third-order valence-corrected chi connectivity index (χ3v) is 3.85. The summed E-state index contributed by atoms with van der Waals surface area (Å²) in [6.07, 6.45) is 1.43. The van der Waals surface area contributed by atoms with E-state index in [-0.39, 0.29) is 12.1 Å². The van der Waals surface area contributed by atoms with E-state index < -0.39 is 18.5 Å². The van der Waals surface area contributed by atoms with Crippen LogP contribution in [0.4, 0.5) is 0 Å². The van der Waals surface area contributed by atoms with Crippen molar-refractivity contribution in [1.29, 1.82) is 5.26 Å². The number of amides is 1. The van der Waals surface area contributed by atoms with Gasteiger partial charge in [-0.1, -0.05) is 12.1 Å². The van der Waals surface area contributed by atoms with Crippen LogP contribution in [0.2, 0.25) is 0 Å². The maximum absolute atomic E-state index is 12.4. The lowest BCUT2D eigenvalue weighted by molar-refractivity contribution is -0.139. The highest BCUT2D eigenvalue weighted by Crippen LogP contribution is 2.24. The van der Waals surface area contributed by atoms with Gasteiger partial charge in [-0.2, -0.15) is 5.26 Å². The second-order valence-corrected chi connectivity index (χ2v) is 5.78. The van der Waals surface area contributed by atoms with Crippen LogP contribution in [0.5, 0.6) is 17.2 Å². The third kappa shape index (κ3) is 6.29. The first-order valence-electron chi connectivity index (χ1n) is 8.52. The zero-order valence-corrected chi connectivity index (χ0v) is 16.0. The monoisotopic (exact) mass is 396 g/mol. The summed E-state index contributed by atoms with van der Waals surface area (Å²) in [5.41, 5.74) is 1.26. The molecule has 0 aliphatic rings. The highest BCUT2D eigenvalue weighted by Gasteiger charge is 2.11. The molecule has 0 heterocycles. The zero-order chi connectivity index (χ0) is 21.2. The SMILES string of the molecule is COc1ccc(CNC(=O)/C(C#N)=C/c2ccc(OCC(=O)O)cc2)c(OC)c1. The first-order valence-corrected chi connectivity index (χ1v) is 8.52. The summed E-state index contributed by atoms with van der Waals surface area (Å²) in [6, 6.07) is 13.5. The van der Waals surface area contributed by atoms with Crippen molar-refractivity contribution in [3.63, 3.8) is 0 Å². The van der Waals surface area contributed by atoms with Crippen LogP contribution in [0, 0.1) is 11.3 Å². The Morgan fingerprint density at radius 3 is 2.38 bits per heavy atom. The lowest BCUT2D eigenvalue weighted by Crippen LogP contribution is -2.24. The van der Waals surface area contributed by atoms with Crippen LogP contribution in [0.25, 0.3) is 6.08 Å². The predicted octanol–water partition coefficient (Wildman–Crippen LogP) is 2.39.